The van der Waals surface area contributed by atoms with Gasteiger partial charge in [-0.2, -0.15) is 9.57 Å². The van der Waals surface area contributed by atoms with Crippen molar-refractivity contribution in [2.75, 3.05) is 18.8 Å². The van der Waals surface area contributed by atoms with Gasteiger partial charge in [0.15, 0.2) is 5.16 Å². The molecular formula is C16H22N4O2S2. The van der Waals surface area contributed by atoms with Gasteiger partial charge < -0.3 is 4.57 Å². The van der Waals surface area contributed by atoms with Crippen LogP contribution in [0.15, 0.2) is 28.3 Å². The summed E-state index contributed by atoms with van der Waals surface area (Å²) in [6, 6.07) is 7.33. The molecule has 0 aliphatic carbocycles. The van der Waals surface area contributed by atoms with Crippen molar-refractivity contribution in [1.82, 2.24) is 13.9 Å². The summed E-state index contributed by atoms with van der Waals surface area (Å²) >= 11 is 1.36. The fourth-order valence-electron chi connectivity index (χ4n) is 2.63. The van der Waals surface area contributed by atoms with E-state index in [0.717, 1.165) is 10.7 Å². The van der Waals surface area contributed by atoms with Gasteiger partial charge in [0.1, 0.15) is 0 Å². The number of imidazole rings is 1. The van der Waals surface area contributed by atoms with E-state index in [1.165, 1.54) is 16.1 Å². The van der Waals surface area contributed by atoms with Crippen molar-refractivity contribution >= 4 is 32.8 Å². The Hall–Kier alpha value is -1.56. The normalized spacial score (nSPS) is 12.2. The third kappa shape index (κ3) is 3.43. The third-order valence-corrected chi connectivity index (χ3v) is 6.62. The molecular weight excluding hydrogens is 344 g/mol. The highest BCUT2D eigenvalue weighted by Crippen LogP contribution is 2.29. The van der Waals surface area contributed by atoms with Crippen molar-refractivity contribution in [3.8, 4) is 6.07 Å². The molecule has 0 aliphatic heterocycles. The topological polar surface area (TPSA) is 79.0 Å². The molecule has 0 fully saturated rings. The lowest BCUT2D eigenvalue weighted by atomic mass is 10.3. The molecule has 0 bridgehead atoms. The summed E-state index contributed by atoms with van der Waals surface area (Å²) in [5.74, 6) is 0.306. The molecule has 0 atom stereocenters. The highest BCUT2D eigenvalue weighted by Gasteiger charge is 2.23. The zero-order valence-electron chi connectivity index (χ0n) is 14.4. The number of thioether (sulfide) groups is 1. The summed E-state index contributed by atoms with van der Waals surface area (Å²) in [6.45, 7) is 8.59. The summed E-state index contributed by atoms with van der Waals surface area (Å²) in [5.41, 5.74) is 1.52. The summed E-state index contributed by atoms with van der Waals surface area (Å²) in [6.07, 6.45) is 0. The van der Waals surface area contributed by atoms with Crippen LogP contribution in [0.1, 0.15) is 33.7 Å². The number of aromatic nitrogens is 2. The van der Waals surface area contributed by atoms with Gasteiger partial charge in [-0.25, -0.2) is 13.4 Å². The first-order chi connectivity index (χ1) is 11.4. The van der Waals surface area contributed by atoms with Crippen LogP contribution in [0.25, 0.3) is 11.0 Å². The summed E-state index contributed by atoms with van der Waals surface area (Å²) in [4.78, 5) is 4.80. The van der Waals surface area contributed by atoms with E-state index in [-0.39, 0.29) is 10.9 Å². The Morgan fingerprint density at radius 3 is 2.54 bits per heavy atom. The number of rotatable bonds is 7. The second kappa shape index (κ2) is 7.55. The average Bonchev–Trinajstić information content (AvgIpc) is 2.91. The number of fused-ring (bicyclic) bond motifs is 1. The monoisotopic (exact) mass is 366 g/mol. The SMILES string of the molecule is CCN(CC)S(=O)(=O)c1ccc2c(c1)nc(SCC#N)n2C(C)C. The molecule has 0 saturated carbocycles. The Labute approximate surface area is 147 Å². The van der Waals surface area contributed by atoms with E-state index >= 15 is 0 Å². The largest absolute Gasteiger partial charge is 0.316 e. The first-order valence-corrected chi connectivity index (χ1v) is 10.3. The van der Waals surface area contributed by atoms with Gasteiger partial charge >= 0.3 is 0 Å². The van der Waals surface area contributed by atoms with Crippen LogP contribution >= 0.6 is 11.8 Å². The van der Waals surface area contributed by atoms with Crippen molar-refractivity contribution < 1.29 is 8.42 Å². The molecule has 6 nitrogen and oxygen atoms in total. The Morgan fingerprint density at radius 1 is 1.33 bits per heavy atom. The maximum absolute atomic E-state index is 12.7. The Morgan fingerprint density at radius 2 is 2.00 bits per heavy atom. The molecule has 0 saturated heterocycles. The maximum atomic E-state index is 12.7. The van der Waals surface area contributed by atoms with Crippen molar-refractivity contribution in [3.05, 3.63) is 18.2 Å². The Kier molecular flexibility index (Phi) is 5.91. The van der Waals surface area contributed by atoms with Crippen LogP contribution < -0.4 is 0 Å². The second-order valence-corrected chi connectivity index (χ2v) is 8.43. The maximum Gasteiger partial charge on any atom is 0.243 e. The van der Waals surface area contributed by atoms with Crippen molar-refractivity contribution in [1.29, 1.82) is 5.26 Å². The van der Waals surface area contributed by atoms with Gasteiger partial charge in [-0.1, -0.05) is 25.6 Å². The predicted molar refractivity (Wildman–Crippen MR) is 96.6 cm³/mol. The smallest absolute Gasteiger partial charge is 0.243 e. The van der Waals surface area contributed by atoms with Crippen molar-refractivity contribution in [3.63, 3.8) is 0 Å². The number of nitriles is 1. The molecule has 0 amide bonds. The minimum absolute atomic E-state index is 0.168. The van der Waals surface area contributed by atoms with Crippen LogP contribution in [0.2, 0.25) is 0 Å². The fourth-order valence-corrected chi connectivity index (χ4v) is 4.91. The zero-order chi connectivity index (χ0) is 17.9. The highest BCUT2D eigenvalue weighted by molar-refractivity contribution is 7.99. The number of benzene rings is 1. The van der Waals surface area contributed by atoms with Crippen molar-refractivity contribution in [2.24, 2.45) is 0 Å². The fraction of sp³-hybridized carbons (Fsp3) is 0.500. The number of hydrogen-bond acceptors (Lipinski definition) is 5. The summed E-state index contributed by atoms with van der Waals surface area (Å²) < 4.78 is 28.8. The van der Waals surface area contributed by atoms with Gasteiger partial charge in [0.05, 0.1) is 27.8 Å². The molecule has 0 spiro atoms. The van der Waals surface area contributed by atoms with E-state index in [1.807, 2.05) is 32.3 Å². The van der Waals surface area contributed by atoms with Crippen LogP contribution in [0, 0.1) is 11.3 Å². The van der Waals surface area contributed by atoms with Gasteiger partial charge in [0.2, 0.25) is 10.0 Å². The van der Waals surface area contributed by atoms with Gasteiger partial charge in [-0.15, -0.1) is 0 Å². The first-order valence-electron chi connectivity index (χ1n) is 7.88. The summed E-state index contributed by atoms with van der Waals surface area (Å²) in [7, 11) is -3.51. The number of nitrogens with zero attached hydrogens (tertiary/aromatic N) is 4. The first kappa shape index (κ1) is 18.8. The van der Waals surface area contributed by atoms with Crippen LogP contribution in [-0.2, 0) is 10.0 Å². The van der Waals surface area contributed by atoms with E-state index in [1.54, 1.807) is 18.2 Å². The molecule has 0 N–H and O–H groups in total. The zero-order valence-corrected chi connectivity index (χ0v) is 16.0. The lowest BCUT2D eigenvalue weighted by Gasteiger charge is -2.18. The third-order valence-electron chi connectivity index (χ3n) is 3.75. The minimum atomic E-state index is -3.51. The van der Waals surface area contributed by atoms with Gasteiger partial charge in [-0.3, -0.25) is 0 Å². The number of sulfonamides is 1. The Bertz CT molecular complexity index is 862. The quantitative estimate of drug-likeness (QED) is 0.703. The van der Waals surface area contributed by atoms with E-state index in [4.69, 9.17) is 5.26 Å². The molecule has 1 aromatic heterocycles. The second-order valence-electron chi connectivity index (χ2n) is 5.54. The molecule has 24 heavy (non-hydrogen) atoms. The van der Waals surface area contributed by atoms with E-state index in [0.29, 0.717) is 24.4 Å². The Balaban J connectivity index is 2.58. The molecule has 0 radical (unpaired) electrons. The van der Waals surface area contributed by atoms with Crippen LogP contribution in [0.5, 0.6) is 0 Å². The lowest BCUT2D eigenvalue weighted by Crippen LogP contribution is -2.30. The standard InChI is InChI=1S/C16H22N4O2S2/c1-5-19(6-2)24(21,22)13-7-8-15-14(11-13)18-16(23-10-9-17)20(15)12(3)4/h7-8,11-12H,5-6,10H2,1-4H3. The van der Waals surface area contributed by atoms with Crippen LogP contribution in [0.4, 0.5) is 0 Å². The average molecular weight is 367 g/mol. The van der Waals surface area contributed by atoms with E-state index < -0.39 is 10.0 Å². The molecule has 0 aliphatic rings. The minimum Gasteiger partial charge on any atom is -0.316 e. The van der Waals surface area contributed by atoms with E-state index in [9.17, 15) is 8.42 Å². The number of hydrogen-bond donors (Lipinski definition) is 0. The molecule has 1 aromatic carbocycles. The van der Waals surface area contributed by atoms with Crippen molar-refractivity contribution in [2.45, 2.75) is 43.8 Å². The molecule has 8 heteroatoms. The van der Waals surface area contributed by atoms with Gasteiger partial charge in [-0.05, 0) is 32.0 Å². The van der Waals surface area contributed by atoms with Crippen LogP contribution in [0.3, 0.4) is 0 Å². The van der Waals surface area contributed by atoms with Gasteiger partial charge in [0, 0.05) is 19.1 Å². The molecule has 2 aromatic rings. The molecule has 1 heterocycles. The molecule has 0 unspecified atom stereocenters. The van der Waals surface area contributed by atoms with Crippen LogP contribution in [-0.4, -0.2) is 41.1 Å². The predicted octanol–water partition coefficient (Wildman–Crippen LogP) is 3.26. The van der Waals surface area contributed by atoms with E-state index in [2.05, 4.69) is 11.1 Å². The summed E-state index contributed by atoms with van der Waals surface area (Å²) in [5, 5.41) is 9.54. The highest BCUT2D eigenvalue weighted by atomic mass is 32.2. The molecule has 130 valence electrons. The lowest BCUT2D eigenvalue weighted by molar-refractivity contribution is 0.445. The molecule has 2 rings (SSSR count). The van der Waals surface area contributed by atoms with Gasteiger partial charge in [0.25, 0.3) is 0 Å².